The number of unbranched alkanes of at least 4 members (excludes halogenated alkanes) is 2. The molecule has 2 aromatic carbocycles. The smallest absolute Gasteiger partial charge is 0.223 e. The molecule has 196 valence electrons. The predicted molar refractivity (Wildman–Crippen MR) is 135 cm³/mol. The number of rotatable bonds is 9. The summed E-state index contributed by atoms with van der Waals surface area (Å²) in [6, 6.07) is 7.04. The molecule has 36 heavy (non-hydrogen) atoms. The van der Waals surface area contributed by atoms with Gasteiger partial charge in [0.25, 0.3) is 0 Å². The third kappa shape index (κ3) is 6.14. The summed E-state index contributed by atoms with van der Waals surface area (Å²) in [7, 11) is 0. The lowest BCUT2D eigenvalue weighted by molar-refractivity contribution is -0.131. The molecule has 2 aliphatic heterocycles. The molecule has 2 aliphatic rings. The molecule has 0 radical (unpaired) electrons. The lowest BCUT2D eigenvalue weighted by atomic mass is 10.1. The van der Waals surface area contributed by atoms with Gasteiger partial charge in [-0.1, -0.05) is 12.5 Å². The summed E-state index contributed by atoms with van der Waals surface area (Å²) in [4.78, 5) is 18.7. The van der Waals surface area contributed by atoms with E-state index in [1.165, 1.54) is 18.1 Å². The molecule has 4 rings (SSSR count). The summed E-state index contributed by atoms with van der Waals surface area (Å²) in [5, 5.41) is 0. The van der Waals surface area contributed by atoms with E-state index in [4.69, 9.17) is 4.74 Å². The Morgan fingerprint density at radius 2 is 1.67 bits per heavy atom. The van der Waals surface area contributed by atoms with Crippen molar-refractivity contribution in [3.63, 3.8) is 0 Å². The van der Waals surface area contributed by atoms with Gasteiger partial charge in [0.2, 0.25) is 5.91 Å². The number of benzene rings is 2. The lowest BCUT2D eigenvalue weighted by Gasteiger charge is -2.36. The molecular weight excluding hydrogens is 467 g/mol. The zero-order valence-electron chi connectivity index (χ0n) is 21.5. The Balaban J connectivity index is 1.14. The third-order valence-electron chi connectivity index (χ3n) is 7.06. The third-order valence-corrected chi connectivity index (χ3v) is 7.06. The van der Waals surface area contributed by atoms with E-state index in [2.05, 4.69) is 11.0 Å². The maximum atomic E-state index is 14.4. The fourth-order valence-electron chi connectivity index (χ4n) is 5.00. The van der Waals surface area contributed by atoms with Gasteiger partial charge in [0.05, 0.1) is 11.8 Å². The van der Waals surface area contributed by atoms with Gasteiger partial charge in [0.15, 0.2) is 17.5 Å². The minimum absolute atomic E-state index is 0.123. The Morgan fingerprint density at radius 1 is 0.944 bits per heavy atom. The fourth-order valence-corrected chi connectivity index (χ4v) is 5.00. The summed E-state index contributed by atoms with van der Waals surface area (Å²) < 4.78 is 47.5. The molecule has 0 spiro atoms. The number of fused-ring (bicyclic) bond motifs is 1. The quantitative estimate of drug-likeness (QED) is 0.338. The van der Waals surface area contributed by atoms with Crippen molar-refractivity contribution in [1.82, 2.24) is 9.80 Å². The fraction of sp³-hybridized carbons (Fsp3) is 0.536. The molecule has 1 saturated heterocycles. The van der Waals surface area contributed by atoms with Gasteiger partial charge in [-0.3, -0.25) is 9.69 Å². The van der Waals surface area contributed by atoms with Crippen molar-refractivity contribution in [2.75, 3.05) is 37.6 Å². The molecule has 0 bridgehead atoms. The number of carbonyl (C=O) groups excluding carboxylic acids is 1. The average Bonchev–Trinajstić information content (AvgIpc) is 3.28. The maximum Gasteiger partial charge on any atom is 0.223 e. The van der Waals surface area contributed by atoms with Gasteiger partial charge in [-0.05, 0) is 63.4 Å². The Morgan fingerprint density at radius 3 is 2.39 bits per heavy atom. The molecule has 5 nitrogen and oxygen atoms in total. The van der Waals surface area contributed by atoms with E-state index >= 15 is 0 Å². The van der Waals surface area contributed by atoms with Crippen LogP contribution in [0.3, 0.4) is 0 Å². The standard InChI is InChI=1S/C28H36F3N3O2/c1-19(2)36-23-9-8-21-17-34(18-22(21)15-23)26(35)7-5-4-6-10-32-11-13-33(14-12-32)25-16-24(29)27(30)20(3)28(25)31/h8-9,15-16,19H,4-7,10-14,17-18H2,1-3H3. The van der Waals surface area contributed by atoms with Crippen LogP contribution in [-0.4, -0.2) is 54.5 Å². The van der Waals surface area contributed by atoms with Crippen LogP contribution in [-0.2, 0) is 17.9 Å². The second kappa shape index (κ2) is 11.5. The van der Waals surface area contributed by atoms with Crippen molar-refractivity contribution in [1.29, 1.82) is 0 Å². The minimum Gasteiger partial charge on any atom is -0.491 e. The molecule has 1 amide bonds. The summed E-state index contributed by atoms with van der Waals surface area (Å²) >= 11 is 0. The van der Waals surface area contributed by atoms with Crippen LogP contribution in [0, 0.1) is 24.4 Å². The van der Waals surface area contributed by atoms with Gasteiger partial charge in [-0.15, -0.1) is 0 Å². The second-order valence-electron chi connectivity index (χ2n) is 10.1. The minimum atomic E-state index is -1.12. The van der Waals surface area contributed by atoms with Crippen molar-refractivity contribution in [3.8, 4) is 5.75 Å². The highest BCUT2D eigenvalue weighted by atomic mass is 19.2. The van der Waals surface area contributed by atoms with Crippen molar-refractivity contribution < 1.29 is 22.7 Å². The van der Waals surface area contributed by atoms with Gasteiger partial charge in [-0.2, -0.15) is 0 Å². The first-order valence-corrected chi connectivity index (χ1v) is 12.9. The van der Waals surface area contributed by atoms with Crippen LogP contribution < -0.4 is 9.64 Å². The molecule has 2 aromatic rings. The van der Waals surface area contributed by atoms with Crippen LogP contribution in [0.25, 0.3) is 0 Å². The van der Waals surface area contributed by atoms with Crippen molar-refractivity contribution in [2.45, 2.75) is 65.6 Å². The normalized spacial score (nSPS) is 16.1. The zero-order chi connectivity index (χ0) is 25.8. The number of halogens is 3. The van der Waals surface area contributed by atoms with Gasteiger partial charge < -0.3 is 14.5 Å². The number of ether oxygens (including phenoxy) is 1. The molecule has 0 aromatic heterocycles. The molecule has 0 N–H and O–H groups in total. The number of hydrogen-bond acceptors (Lipinski definition) is 4. The van der Waals surface area contributed by atoms with Gasteiger partial charge in [-0.25, -0.2) is 13.2 Å². The number of hydrogen-bond donors (Lipinski definition) is 0. The first-order chi connectivity index (χ1) is 17.2. The monoisotopic (exact) mass is 503 g/mol. The summed E-state index contributed by atoms with van der Waals surface area (Å²) in [5.41, 5.74) is 2.22. The summed E-state index contributed by atoms with van der Waals surface area (Å²) in [6.07, 6.45) is 3.48. The van der Waals surface area contributed by atoms with E-state index in [0.29, 0.717) is 32.6 Å². The van der Waals surface area contributed by atoms with E-state index in [1.54, 1.807) is 4.90 Å². The number of piperazine rings is 1. The van der Waals surface area contributed by atoms with Gasteiger partial charge in [0, 0.05) is 57.3 Å². The van der Waals surface area contributed by atoms with E-state index in [1.807, 2.05) is 30.9 Å². The topological polar surface area (TPSA) is 36.0 Å². The Kier molecular flexibility index (Phi) is 8.44. The van der Waals surface area contributed by atoms with Crippen LogP contribution in [0.4, 0.5) is 18.9 Å². The summed E-state index contributed by atoms with van der Waals surface area (Å²) in [6.45, 7) is 10.1. The number of nitrogens with zero attached hydrogens (tertiary/aromatic N) is 3. The number of anilines is 1. The van der Waals surface area contributed by atoms with Crippen molar-refractivity contribution in [2.24, 2.45) is 0 Å². The Hall–Kier alpha value is -2.74. The Labute approximate surface area is 211 Å². The van der Waals surface area contributed by atoms with Crippen LogP contribution >= 0.6 is 0 Å². The highest BCUT2D eigenvalue weighted by Gasteiger charge is 2.25. The van der Waals surface area contributed by atoms with E-state index in [9.17, 15) is 18.0 Å². The molecule has 2 heterocycles. The first-order valence-electron chi connectivity index (χ1n) is 12.9. The van der Waals surface area contributed by atoms with Crippen LogP contribution in [0.5, 0.6) is 5.75 Å². The lowest BCUT2D eigenvalue weighted by Crippen LogP contribution is -2.47. The van der Waals surface area contributed by atoms with E-state index in [0.717, 1.165) is 50.7 Å². The number of amides is 1. The molecule has 0 unspecified atom stereocenters. The molecular formula is C28H36F3N3O2. The maximum absolute atomic E-state index is 14.4. The SMILES string of the molecule is Cc1c(F)c(F)cc(N2CCN(CCCCCC(=O)N3Cc4ccc(OC(C)C)cc4C3)CC2)c1F. The molecule has 0 saturated carbocycles. The molecule has 8 heteroatoms. The van der Waals surface area contributed by atoms with E-state index in [-0.39, 0.29) is 23.3 Å². The van der Waals surface area contributed by atoms with E-state index < -0.39 is 17.5 Å². The van der Waals surface area contributed by atoms with Crippen LogP contribution in [0.1, 0.15) is 56.2 Å². The molecule has 0 aliphatic carbocycles. The van der Waals surface area contributed by atoms with Crippen molar-refractivity contribution in [3.05, 3.63) is 58.4 Å². The first kappa shape index (κ1) is 26.3. The predicted octanol–water partition coefficient (Wildman–Crippen LogP) is 5.42. The highest BCUT2D eigenvalue weighted by molar-refractivity contribution is 5.77. The second-order valence-corrected chi connectivity index (χ2v) is 10.1. The summed E-state index contributed by atoms with van der Waals surface area (Å²) in [5.74, 6) is -1.77. The van der Waals surface area contributed by atoms with Crippen LogP contribution in [0.15, 0.2) is 24.3 Å². The largest absolute Gasteiger partial charge is 0.491 e. The highest BCUT2D eigenvalue weighted by Crippen LogP contribution is 2.29. The average molecular weight is 504 g/mol. The van der Waals surface area contributed by atoms with Gasteiger partial charge >= 0.3 is 0 Å². The number of carbonyl (C=O) groups is 1. The zero-order valence-corrected chi connectivity index (χ0v) is 21.5. The van der Waals surface area contributed by atoms with Gasteiger partial charge in [0.1, 0.15) is 5.75 Å². The molecule has 0 atom stereocenters. The van der Waals surface area contributed by atoms with Crippen LogP contribution in [0.2, 0.25) is 0 Å². The molecule has 1 fully saturated rings. The van der Waals surface area contributed by atoms with Crippen molar-refractivity contribution >= 4 is 11.6 Å². The Bertz CT molecular complexity index is 1080.